The summed E-state index contributed by atoms with van der Waals surface area (Å²) in [4.78, 5) is 5.25. The lowest BCUT2D eigenvalue weighted by atomic mass is 9.94. The summed E-state index contributed by atoms with van der Waals surface area (Å²) in [5, 5.41) is 0. The number of nitrogens with zero attached hydrogens (tertiary/aromatic N) is 3. The van der Waals surface area contributed by atoms with E-state index in [1.807, 2.05) is 6.07 Å². The molecular formula is C23H35N3O4S. The highest BCUT2D eigenvalue weighted by molar-refractivity contribution is 7.89. The molecule has 172 valence electrons. The van der Waals surface area contributed by atoms with Crippen molar-refractivity contribution < 1.29 is 17.9 Å². The number of rotatable bonds is 5. The van der Waals surface area contributed by atoms with Crippen LogP contribution in [0.15, 0.2) is 23.1 Å². The number of aromatic nitrogens is 2. The van der Waals surface area contributed by atoms with Gasteiger partial charge in [0.25, 0.3) is 0 Å². The van der Waals surface area contributed by atoms with Gasteiger partial charge in [-0.1, -0.05) is 20.8 Å². The predicted octanol–water partition coefficient (Wildman–Crippen LogP) is 3.56. The summed E-state index contributed by atoms with van der Waals surface area (Å²) in [6.07, 6.45) is 3.70. The van der Waals surface area contributed by atoms with Crippen molar-refractivity contribution in [2.45, 2.75) is 69.4 Å². The van der Waals surface area contributed by atoms with Crippen molar-refractivity contribution in [3.8, 4) is 0 Å². The predicted molar refractivity (Wildman–Crippen MR) is 121 cm³/mol. The quantitative estimate of drug-likeness (QED) is 0.698. The second-order valence-electron chi connectivity index (χ2n) is 9.84. The number of sulfonamides is 1. The van der Waals surface area contributed by atoms with Crippen LogP contribution in [0.25, 0.3) is 11.0 Å². The van der Waals surface area contributed by atoms with Gasteiger partial charge in [-0.2, -0.15) is 4.31 Å². The largest absolute Gasteiger partial charge is 0.381 e. The smallest absolute Gasteiger partial charge is 0.243 e. The Hall–Kier alpha value is -1.48. The maximum atomic E-state index is 13.3. The molecule has 1 aromatic carbocycles. The molecule has 4 rings (SSSR count). The molecule has 0 aliphatic carbocycles. The number of fused-ring (bicyclic) bond motifs is 1. The summed E-state index contributed by atoms with van der Waals surface area (Å²) in [7, 11) is -1.85. The molecule has 0 atom stereocenters. The standard InChI is InChI=1S/C23H35N3O4S/c1-23(2,3)22-24-20-15-19(31(27,28)25-11-7-18(29-4)8-12-25)5-6-21(20)26(22)16-17-9-13-30-14-10-17/h5-6,15,17-18H,7-14,16H2,1-4H3. The SMILES string of the molecule is COC1CCN(S(=O)(=O)c2ccc3c(c2)nc(C(C)(C)C)n3CC2CCOCC2)CC1. The molecule has 2 aromatic rings. The first-order chi connectivity index (χ1) is 14.7. The number of methoxy groups -OCH3 is 1. The van der Waals surface area contributed by atoms with Gasteiger partial charge in [0.05, 0.1) is 22.0 Å². The molecule has 2 fully saturated rings. The Kier molecular flexibility index (Phi) is 6.45. The van der Waals surface area contributed by atoms with Crippen LogP contribution in [0.4, 0.5) is 0 Å². The van der Waals surface area contributed by atoms with E-state index in [4.69, 9.17) is 14.5 Å². The Bertz CT molecular complexity index is 1010. The highest BCUT2D eigenvalue weighted by Crippen LogP contribution is 2.31. The van der Waals surface area contributed by atoms with Crippen LogP contribution >= 0.6 is 0 Å². The van der Waals surface area contributed by atoms with Gasteiger partial charge in [0.15, 0.2) is 0 Å². The van der Waals surface area contributed by atoms with Gasteiger partial charge >= 0.3 is 0 Å². The van der Waals surface area contributed by atoms with Crippen LogP contribution in [0.3, 0.4) is 0 Å². The zero-order chi connectivity index (χ0) is 22.2. The molecule has 2 aliphatic heterocycles. The van der Waals surface area contributed by atoms with Crippen LogP contribution in [-0.4, -0.2) is 61.8 Å². The van der Waals surface area contributed by atoms with Gasteiger partial charge < -0.3 is 14.0 Å². The van der Waals surface area contributed by atoms with Crippen LogP contribution < -0.4 is 0 Å². The van der Waals surface area contributed by atoms with Crippen LogP contribution in [0, 0.1) is 5.92 Å². The van der Waals surface area contributed by atoms with Crippen molar-refractivity contribution in [2.24, 2.45) is 5.92 Å². The first-order valence-corrected chi connectivity index (χ1v) is 12.8. The minimum absolute atomic E-state index is 0.134. The van der Waals surface area contributed by atoms with E-state index in [1.54, 1.807) is 23.5 Å². The third-order valence-corrected chi connectivity index (χ3v) is 8.44. The maximum Gasteiger partial charge on any atom is 0.243 e. The lowest BCUT2D eigenvalue weighted by Gasteiger charge is -2.30. The van der Waals surface area contributed by atoms with Crippen LogP contribution in [0.1, 0.15) is 52.3 Å². The summed E-state index contributed by atoms with van der Waals surface area (Å²) in [6.45, 7) is 9.97. The summed E-state index contributed by atoms with van der Waals surface area (Å²) in [6, 6.07) is 5.43. The van der Waals surface area contributed by atoms with E-state index < -0.39 is 10.0 Å². The number of hydrogen-bond donors (Lipinski definition) is 0. The maximum absolute atomic E-state index is 13.3. The van der Waals surface area contributed by atoms with Crippen molar-refractivity contribution in [1.82, 2.24) is 13.9 Å². The molecule has 3 heterocycles. The van der Waals surface area contributed by atoms with Gasteiger partial charge in [0.1, 0.15) is 5.82 Å². The summed E-state index contributed by atoms with van der Waals surface area (Å²) >= 11 is 0. The van der Waals surface area contributed by atoms with Crippen LogP contribution in [0.5, 0.6) is 0 Å². The Morgan fingerprint density at radius 1 is 1.13 bits per heavy atom. The van der Waals surface area contributed by atoms with Gasteiger partial charge in [-0.3, -0.25) is 0 Å². The fourth-order valence-electron chi connectivity index (χ4n) is 4.67. The molecule has 1 aromatic heterocycles. The molecule has 2 aliphatic rings. The minimum Gasteiger partial charge on any atom is -0.381 e. The first kappa shape index (κ1) is 22.7. The molecule has 31 heavy (non-hydrogen) atoms. The second kappa shape index (κ2) is 8.81. The molecule has 0 radical (unpaired) electrons. The number of piperidine rings is 1. The van der Waals surface area contributed by atoms with Gasteiger partial charge in [-0.05, 0) is 49.8 Å². The van der Waals surface area contributed by atoms with E-state index >= 15 is 0 Å². The topological polar surface area (TPSA) is 73.7 Å². The number of hydrogen-bond acceptors (Lipinski definition) is 5. The number of ether oxygens (including phenoxy) is 2. The van der Waals surface area contributed by atoms with E-state index in [0.29, 0.717) is 23.9 Å². The molecule has 2 saturated heterocycles. The Balaban J connectivity index is 1.67. The van der Waals surface area contributed by atoms with Crippen molar-refractivity contribution in [1.29, 1.82) is 0 Å². The van der Waals surface area contributed by atoms with Gasteiger partial charge in [0.2, 0.25) is 10.0 Å². The van der Waals surface area contributed by atoms with E-state index in [-0.39, 0.29) is 11.5 Å². The van der Waals surface area contributed by atoms with Gasteiger partial charge in [-0.25, -0.2) is 13.4 Å². The molecule has 0 N–H and O–H groups in total. The zero-order valence-electron chi connectivity index (χ0n) is 19.1. The Morgan fingerprint density at radius 3 is 2.42 bits per heavy atom. The average molecular weight is 450 g/mol. The highest BCUT2D eigenvalue weighted by atomic mass is 32.2. The number of benzene rings is 1. The van der Waals surface area contributed by atoms with Crippen LogP contribution in [0.2, 0.25) is 0 Å². The van der Waals surface area contributed by atoms with E-state index in [9.17, 15) is 8.42 Å². The molecular weight excluding hydrogens is 414 g/mol. The molecule has 0 saturated carbocycles. The third-order valence-electron chi connectivity index (χ3n) is 6.54. The van der Waals surface area contributed by atoms with Gasteiger partial charge in [-0.15, -0.1) is 0 Å². The molecule has 0 amide bonds. The average Bonchev–Trinajstić information content (AvgIpc) is 3.13. The lowest BCUT2D eigenvalue weighted by molar-refractivity contribution is 0.0604. The summed E-state index contributed by atoms with van der Waals surface area (Å²) in [5.41, 5.74) is 1.63. The normalized spacial score (nSPS) is 20.5. The van der Waals surface area contributed by atoms with E-state index in [2.05, 4.69) is 25.3 Å². The summed E-state index contributed by atoms with van der Waals surface area (Å²) in [5.74, 6) is 1.56. The monoisotopic (exact) mass is 449 g/mol. The molecule has 8 heteroatoms. The minimum atomic E-state index is -3.54. The highest BCUT2D eigenvalue weighted by Gasteiger charge is 2.31. The fourth-order valence-corrected chi connectivity index (χ4v) is 6.16. The second-order valence-corrected chi connectivity index (χ2v) is 11.8. The summed E-state index contributed by atoms with van der Waals surface area (Å²) < 4.78 is 41.3. The Morgan fingerprint density at radius 2 is 1.81 bits per heavy atom. The molecule has 0 bridgehead atoms. The van der Waals surface area contributed by atoms with E-state index in [1.165, 1.54) is 0 Å². The lowest BCUT2D eigenvalue weighted by Crippen LogP contribution is -2.40. The fraction of sp³-hybridized carbons (Fsp3) is 0.696. The first-order valence-electron chi connectivity index (χ1n) is 11.3. The molecule has 0 unspecified atom stereocenters. The third kappa shape index (κ3) is 4.67. The van der Waals surface area contributed by atoms with E-state index in [0.717, 1.165) is 62.3 Å². The molecule has 7 nitrogen and oxygen atoms in total. The molecule has 0 spiro atoms. The van der Waals surface area contributed by atoms with Crippen molar-refractivity contribution in [3.63, 3.8) is 0 Å². The van der Waals surface area contributed by atoms with Crippen LogP contribution in [-0.2, 0) is 31.5 Å². The van der Waals surface area contributed by atoms with Crippen molar-refractivity contribution in [3.05, 3.63) is 24.0 Å². The van der Waals surface area contributed by atoms with Gasteiger partial charge in [0, 0.05) is 45.4 Å². The van der Waals surface area contributed by atoms with Crippen molar-refractivity contribution in [2.75, 3.05) is 33.4 Å². The Labute approximate surface area is 185 Å². The zero-order valence-corrected chi connectivity index (χ0v) is 20.0. The van der Waals surface area contributed by atoms with Crippen molar-refractivity contribution >= 4 is 21.1 Å². The number of imidazole rings is 1.